The molecule has 2 aromatic carbocycles. The summed E-state index contributed by atoms with van der Waals surface area (Å²) in [5, 5.41) is 11.5. The van der Waals surface area contributed by atoms with Crippen LogP contribution in [0.5, 0.6) is 5.75 Å². The van der Waals surface area contributed by atoms with E-state index in [2.05, 4.69) is 5.32 Å². The Bertz CT molecular complexity index is 848. The van der Waals surface area contributed by atoms with Crippen LogP contribution in [0.2, 0.25) is 0 Å². The molecule has 140 valence electrons. The number of anilines is 2. The van der Waals surface area contributed by atoms with Crippen LogP contribution in [0.1, 0.15) is 17.3 Å². The van der Waals surface area contributed by atoms with Crippen molar-refractivity contribution in [3.05, 3.63) is 54.1 Å². The zero-order chi connectivity index (χ0) is 19.4. The van der Waals surface area contributed by atoms with Crippen LogP contribution in [0.4, 0.5) is 16.2 Å². The van der Waals surface area contributed by atoms with Gasteiger partial charge in [0.25, 0.3) is 0 Å². The van der Waals surface area contributed by atoms with Gasteiger partial charge in [-0.3, -0.25) is 9.69 Å². The Morgan fingerprint density at radius 2 is 1.85 bits per heavy atom. The molecule has 0 radical (unpaired) electrons. The maximum Gasteiger partial charge on any atom is 0.414 e. The lowest BCUT2D eigenvalue weighted by Gasteiger charge is -2.14. The number of carboxylic acids is 1. The average molecular weight is 370 g/mol. The van der Waals surface area contributed by atoms with Crippen LogP contribution in [0.3, 0.4) is 0 Å². The minimum absolute atomic E-state index is 0.151. The molecular formula is C19H18N2O6. The number of carbonyl (C=O) groups excluding carboxylic acids is 2. The summed E-state index contributed by atoms with van der Waals surface area (Å²) in [6.45, 7) is 1.90. The third-order valence-electron chi connectivity index (χ3n) is 3.91. The number of aromatic carboxylic acids is 1. The lowest BCUT2D eigenvalue weighted by atomic mass is 10.2. The summed E-state index contributed by atoms with van der Waals surface area (Å²) in [5.74, 6) is -0.683. The van der Waals surface area contributed by atoms with E-state index in [1.54, 1.807) is 36.4 Å². The number of hydrogen-bond acceptors (Lipinski definition) is 5. The summed E-state index contributed by atoms with van der Waals surface area (Å²) < 4.78 is 10.9. The molecule has 0 spiro atoms. The van der Waals surface area contributed by atoms with Crippen molar-refractivity contribution in [2.45, 2.75) is 13.0 Å². The van der Waals surface area contributed by atoms with E-state index >= 15 is 0 Å². The van der Waals surface area contributed by atoms with E-state index in [0.717, 1.165) is 0 Å². The Balaban J connectivity index is 1.57. The van der Waals surface area contributed by atoms with E-state index in [4.69, 9.17) is 14.6 Å². The van der Waals surface area contributed by atoms with Crippen molar-refractivity contribution in [2.75, 3.05) is 23.4 Å². The Kier molecular flexibility index (Phi) is 5.25. The molecule has 0 aliphatic carbocycles. The summed E-state index contributed by atoms with van der Waals surface area (Å²) in [6, 6.07) is 12.9. The van der Waals surface area contributed by atoms with Gasteiger partial charge in [-0.15, -0.1) is 0 Å². The van der Waals surface area contributed by atoms with Gasteiger partial charge in [0.1, 0.15) is 12.4 Å². The summed E-state index contributed by atoms with van der Waals surface area (Å²) in [7, 11) is 0. The molecule has 1 heterocycles. The zero-order valence-electron chi connectivity index (χ0n) is 14.5. The van der Waals surface area contributed by atoms with E-state index in [9.17, 15) is 14.4 Å². The number of hydrogen-bond donors (Lipinski definition) is 2. The first-order valence-electron chi connectivity index (χ1n) is 8.24. The average Bonchev–Trinajstić information content (AvgIpc) is 3.01. The SMILES string of the molecule is CC(=O)Nc1ccc(N2CC(COc3ccc(C(=O)O)cc3)OC2=O)cc1. The predicted octanol–water partition coefficient (Wildman–Crippen LogP) is 2.75. The second-order valence-corrected chi connectivity index (χ2v) is 5.98. The third kappa shape index (κ3) is 4.55. The number of rotatable bonds is 6. The number of cyclic esters (lactones) is 1. The largest absolute Gasteiger partial charge is 0.490 e. The first-order valence-corrected chi connectivity index (χ1v) is 8.24. The van der Waals surface area contributed by atoms with Crippen LogP contribution in [0, 0.1) is 0 Å². The van der Waals surface area contributed by atoms with Gasteiger partial charge in [0.2, 0.25) is 5.91 Å². The normalized spacial score (nSPS) is 16.0. The van der Waals surface area contributed by atoms with Crippen LogP contribution in [0.15, 0.2) is 48.5 Å². The van der Waals surface area contributed by atoms with E-state index in [-0.39, 0.29) is 18.1 Å². The minimum Gasteiger partial charge on any atom is -0.490 e. The zero-order valence-corrected chi connectivity index (χ0v) is 14.5. The van der Waals surface area contributed by atoms with Crippen molar-refractivity contribution in [2.24, 2.45) is 0 Å². The lowest BCUT2D eigenvalue weighted by molar-refractivity contribution is -0.114. The molecule has 2 aromatic rings. The summed E-state index contributed by atoms with van der Waals surface area (Å²) in [4.78, 5) is 35.5. The monoisotopic (exact) mass is 370 g/mol. The molecule has 8 heteroatoms. The fourth-order valence-electron chi connectivity index (χ4n) is 2.63. The maximum atomic E-state index is 12.1. The molecule has 1 aliphatic rings. The van der Waals surface area contributed by atoms with Crippen LogP contribution in [-0.2, 0) is 9.53 Å². The van der Waals surface area contributed by atoms with Gasteiger partial charge >= 0.3 is 12.1 Å². The second-order valence-electron chi connectivity index (χ2n) is 5.98. The van der Waals surface area contributed by atoms with Gasteiger partial charge in [0, 0.05) is 18.3 Å². The highest BCUT2D eigenvalue weighted by atomic mass is 16.6. The van der Waals surface area contributed by atoms with Crippen molar-refractivity contribution >= 4 is 29.3 Å². The van der Waals surface area contributed by atoms with Crippen LogP contribution in [-0.4, -0.2) is 42.3 Å². The minimum atomic E-state index is -1.01. The highest BCUT2D eigenvalue weighted by Crippen LogP contribution is 2.24. The molecule has 3 rings (SSSR count). The third-order valence-corrected chi connectivity index (χ3v) is 3.91. The van der Waals surface area contributed by atoms with Crippen LogP contribution < -0.4 is 15.0 Å². The van der Waals surface area contributed by atoms with Gasteiger partial charge < -0.3 is 19.9 Å². The number of benzene rings is 2. The summed E-state index contributed by atoms with van der Waals surface area (Å²) in [6.07, 6.45) is -0.927. The van der Waals surface area contributed by atoms with Gasteiger partial charge in [-0.1, -0.05) is 0 Å². The van der Waals surface area contributed by atoms with Gasteiger partial charge in [-0.25, -0.2) is 9.59 Å². The Morgan fingerprint density at radius 3 is 2.44 bits per heavy atom. The molecule has 0 aromatic heterocycles. The van der Waals surface area contributed by atoms with Crippen LogP contribution in [0.25, 0.3) is 0 Å². The van der Waals surface area contributed by atoms with Gasteiger partial charge in [0.15, 0.2) is 6.10 Å². The first kappa shape index (κ1) is 18.2. The number of carboxylic acid groups (broad SMARTS) is 1. The highest BCUT2D eigenvalue weighted by Gasteiger charge is 2.32. The molecule has 2 N–H and O–H groups in total. The molecule has 2 amide bonds. The molecule has 8 nitrogen and oxygen atoms in total. The maximum absolute atomic E-state index is 12.1. The summed E-state index contributed by atoms with van der Waals surface area (Å²) in [5.41, 5.74) is 1.47. The van der Waals surface area contributed by atoms with Gasteiger partial charge in [-0.05, 0) is 48.5 Å². The van der Waals surface area contributed by atoms with Crippen LogP contribution >= 0.6 is 0 Å². The van der Waals surface area contributed by atoms with E-state index in [1.807, 2.05) is 0 Å². The van der Waals surface area contributed by atoms with E-state index in [0.29, 0.717) is 23.7 Å². The number of ether oxygens (including phenoxy) is 2. The fourth-order valence-corrected chi connectivity index (χ4v) is 2.63. The Morgan fingerprint density at radius 1 is 1.19 bits per heavy atom. The highest BCUT2D eigenvalue weighted by molar-refractivity contribution is 5.91. The molecule has 1 atom stereocenters. The number of nitrogens with one attached hydrogen (secondary N) is 1. The number of carbonyl (C=O) groups is 3. The number of amides is 2. The summed E-state index contributed by atoms with van der Waals surface area (Å²) >= 11 is 0. The van der Waals surface area contributed by atoms with E-state index < -0.39 is 18.2 Å². The molecule has 1 fully saturated rings. The Labute approximate surface area is 155 Å². The standard InChI is InChI=1S/C19H18N2O6/c1-12(22)20-14-4-6-15(7-5-14)21-10-17(27-19(21)25)11-26-16-8-2-13(3-9-16)18(23)24/h2-9,17H,10-11H2,1H3,(H,20,22)(H,23,24). The molecule has 1 unspecified atom stereocenters. The molecular weight excluding hydrogens is 352 g/mol. The van der Waals surface area contributed by atoms with Crippen molar-refractivity contribution < 1.29 is 29.0 Å². The van der Waals surface area contributed by atoms with E-state index in [1.165, 1.54) is 24.0 Å². The van der Waals surface area contributed by atoms with Gasteiger partial charge in [0.05, 0.1) is 12.1 Å². The van der Waals surface area contributed by atoms with Crippen molar-refractivity contribution in [1.29, 1.82) is 0 Å². The Hall–Kier alpha value is -3.55. The topological polar surface area (TPSA) is 105 Å². The van der Waals surface area contributed by atoms with Gasteiger partial charge in [-0.2, -0.15) is 0 Å². The van der Waals surface area contributed by atoms with Crippen molar-refractivity contribution in [1.82, 2.24) is 0 Å². The quantitative estimate of drug-likeness (QED) is 0.810. The first-order chi connectivity index (χ1) is 12.9. The number of nitrogens with zero attached hydrogens (tertiary/aromatic N) is 1. The molecule has 1 aliphatic heterocycles. The molecule has 0 bridgehead atoms. The molecule has 27 heavy (non-hydrogen) atoms. The van der Waals surface area contributed by atoms with Crippen molar-refractivity contribution in [3.63, 3.8) is 0 Å². The second kappa shape index (κ2) is 7.77. The van der Waals surface area contributed by atoms with Crippen molar-refractivity contribution in [3.8, 4) is 5.75 Å². The smallest absolute Gasteiger partial charge is 0.414 e. The fraction of sp³-hybridized carbons (Fsp3) is 0.211. The lowest BCUT2D eigenvalue weighted by Crippen LogP contribution is -2.26. The predicted molar refractivity (Wildman–Crippen MR) is 97.3 cm³/mol. The molecule has 1 saturated heterocycles. The molecule has 0 saturated carbocycles.